The van der Waals surface area contributed by atoms with Crippen molar-refractivity contribution in [2.24, 2.45) is 11.8 Å². The van der Waals surface area contributed by atoms with Gasteiger partial charge in [-0.1, -0.05) is 22.0 Å². The van der Waals surface area contributed by atoms with E-state index in [0.29, 0.717) is 12.8 Å². The van der Waals surface area contributed by atoms with E-state index in [9.17, 15) is 8.78 Å². The van der Waals surface area contributed by atoms with Gasteiger partial charge in [0.2, 0.25) is 5.92 Å². The molecule has 1 saturated carbocycles. The first-order valence-electron chi connectivity index (χ1n) is 6.51. The van der Waals surface area contributed by atoms with Gasteiger partial charge in [0.15, 0.2) is 0 Å². The molecule has 0 amide bonds. The van der Waals surface area contributed by atoms with Crippen LogP contribution < -0.4 is 11.3 Å². The minimum absolute atomic E-state index is 0.00821. The van der Waals surface area contributed by atoms with Crippen molar-refractivity contribution in [1.29, 1.82) is 0 Å². The van der Waals surface area contributed by atoms with Gasteiger partial charge in [-0.2, -0.15) is 0 Å². The maximum atomic E-state index is 13.2. The minimum atomic E-state index is -2.49. The first-order valence-corrected chi connectivity index (χ1v) is 7.30. The third kappa shape index (κ3) is 3.74. The summed E-state index contributed by atoms with van der Waals surface area (Å²) in [5.41, 5.74) is 4.97. The van der Waals surface area contributed by atoms with Gasteiger partial charge < -0.3 is 0 Å². The summed E-state index contributed by atoms with van der Waals surface area (Å²) >= 11 is 3.42. The van der Waals surface area contributed by atoms with Crippen LogP contribution in [0.3, 0.4) is 0 Å². The molecular weight excluding hydrogens is 314 g/mol. The molecule has 106 valence electrons. The second-order valence-corrected chi connectivity index (χ2v) is 6.34. The zero-order valence-corrected chi connectivity index (χ0v) is 12.5. The van der Waals surface area contributed by atoms with Crippen LogP contribution in [-0.4, -0.2) is 5.92 Å². The molecule has 0 aromatic heterocycles. The van der Waals surface area contributed by atoms with E-state index < -0.39 is 5.92 Å². The molecule has 1 fully saturated rings. The van der Waals surface area contributed by atoms with E-state index in [-0.39, 0.29) is 24.8 Å². The summed E-state index contributed by atoms with van der Waals surface area (Å²) in [4.78, 5) is 0. The molecule has 3 N–H and O–H groups in total. The van der Waals surface area contributed by atoms with Crippen LogP contribution in [0.25, 0.3) is 0 Å². The van der Waals surface area contributed by atoms with Crippen molar-refractivity contribution in [1.82, 2.24) is 5.43 Å². The fourth-order valence-electron chi connectivity index (χ4n) is 2.89. The number of alkyl halides is 2. The number of benzene rings is 1. The van der Waals surface area contributed by atoms with Crippen molar-refractivity contribution in [2.45, 2.75) is 44.6 Å². The molecule has 0 aliphatic heterocycles. The van der Waals surface area contributed by atoms with Crippen LogP contribution >= 0.6 is 15.9 Å². The molecule has 2 rings (SSSR count). The molecule has 0 radical (unpaired) electrons. The largest absolute Gasteiger partial charge is 0.271 e. The summed E-state index contributed by atoms with van der Waals surface area (Å²) in [6.07, 6.45) is 1.24. The third-order valence-corrected chi connectivity index (χ3v) is 4.38. The summed E-state index contributed by atoms with van der Waals surface area (Å²) in [5.74, 6) is 3.16. The SMILES string of the molecule is Cc1cc(Br)ccc1C(CC1CCC(F)(F)C1)NN. The smallest absolute Gasteiger partial charge is 0.248 e. The summed E-state index contributed by atoms with van der Waals surface area (Å²) in [5, 5.41) is 0. The first kappa shape index (κ1) is 14.9. The Hall–Kier alpha value is -0.520. The van der Waals surface area contributed by atoms with E-state index >= 15 is 0 Å². The molecule has 5 heteroatoms. The van der Waals surface area contributed by atoms with Gasteiger partial charge in [0, 0.05) is 23.4 Å². The molecule has 2 unspecified atom stereocenters. The van der Waals surface area contributed by atoms with Gasteiger partial charge in [-0.05, 0) is 48.9 Å². The highest BCUT2D eigenvalue weighted by Crippen LogP contribution is 2.42. The second kappa shape index (κ2) is 5.85. The molecule has 1 aromatic rings. The average molecular weight is 333 g/mol. The molecule has 2 nitrogen and oxygen atoms in total. The van der Waals surface area contributed by atoms with Crippen molar-refractivity contribution in [2.75, 3.05) is 0 Å². The van der Waals surface area contributed by atoms with E-state index in [1.807, 2.05) is 25.1 Å². The lowest BCUT2D eigenvalue weighted by Crippen LogP contribution is -2.30. The van der Waals surface area contributed by atoms with Gasteiger partial charge >= 0.3 is 0 Å². The standard InChI is InChI=1S/C14H19BrF2N2/c1-9-6-11(15)2-3-12(9)13(19-18)7-10-4-5-14(16,17)8-10/h2-3,6,10,13,19H,4-5,7-8,18H2,1H3. The highest BCUT2D eigenvalue weighted by molar-refractivity contribution is 9.10. The van der Waals surface area contributed by atoms with Crippen LogP contribution in [0.1, 0.15) is 42.9 Å². The van der Waals surface area contributed by atoms with Gasteiger partial charge in [-0.15, -0.1) is 0 Å². The normalized spacial score (nSPS) is 23.5. The zero-order chi connectivity index (χ0) is 14.0. The molecule has 2 atom stereocenters. The Labute approximate surface area is 120 Å². The molecule has 1 aromatic carbocycles. The van der Waals surface area contributed by atoms with Crippen LogP contribution in [-0.2, 0) is 0 Å². The van der Waals surface area contributed by atoms with E-state index in [1.54, 1.807) is 0 Å². The summed E-state index contributed by atoms with van der Waals surface area (Å²) < 4.78 is 27.5. The van der Waals surface area contributed by atoms with Gasteiger partial charge in [-0.25, -0.2) is 8.78 Å². The zero-order valence-electron chi connectivity index (χ0n) is 10.9. The van der Waals surface area contributed by atoms with Crippen molar-refractivity contribution < 1.29 is 8.78 Å². The molecule has 19 heavy (non-hydrogen) atoms. The van der Waals surface area contributed by atoms with Crippen LogP contribution in [0, 0.1) is 12.8 Å². The van der Waals surface area contributed by atoms with Gasteiger partial charge in [0.25, 0.3) is 0 Å². The quantitative estimate of drug-likeness (QED) is 0.643. The highest BCUT2D eigenvalue weighted by Gasteiger charge is 2.40. The topological polar surface area (TPSA) is 38.0 Å². The third-order valence-electron chi connectivity index (χ3n) is 3.88. The number of hydrogen-bond acceptors (Lipinski definition) is 2. The lowest BCUT2D eigenvalue weighted by molar-refractivity contribution is 0.00430. The Morgan fingerprint density at radius 1 is 1.53 bits per heavy atom. The molecule has 0 saturated heterocycles. The van der Waals surface area contributed by atoms with Crippen LogP contribution in [0.2, 0.25) is 0 Å². The predicted octanol–water partition coefficient (Wildman–Crippen LogP) is 4.09. The number of halogens is 3. The lowest BCUT2D eigenvalue weighted by atomic mass is 9.91. The van der Waals surface area contributed by atoms with Crippen LogP contribution in [0.15, 0.2) is 22.7 Å². The maximum Gasteiger partial charge on any atom is 0.248 e. The number of nitrogens with one attached hydrogen (secondary N) is 1. The first-order chi connectivity index (χ1) is 8.91. The minimum Gasteiger partial charge on any atom is -0.271 e. The molecule has 0 spiro atoms. The summed E-state index contributed by atoms with van der Waals surface area (Å²) in [6, 6.07) is 5.91. The van der Waals surface area contributed by atoms with Gasteiger partial charge in [-0.3, -0.25) is 11.3 Å². The maximum absolute atomic E-state index is 13.2. The fraction of sp³-hybridized carbons (Fsp3) is 0.571. The Bertz CT molecular complexity index is 451. The Balaban J connectivity index is 2.08. The van der Waals surface area contributed by atoms with E-state index in [2.05, 4.69) is 21.4 Å². The Morgan fingerprint density at radius 3 is 2.79 bits per heavy atom. The summed E-state index contributed by atoms with van der Waals surface area (Å²) in [6.45, 7) is 2.01. The fourth-order valence-corrected chi connectivity index (χ4v) is 3.37. The number of nitrogens with two attached hydrogens (primary N) is 1. The Kier molecular flexibility index (Phi) is 4.58. The highest BCUT2D eigenvalue weighted by atomic mass is 79.9. The van der Waals surface area contributed by atoms with Gasteiger partial charge in [0.05, 0.1) is 0 Å². The van der Waals surface area contributed by atoms with Crippen molar-refractivity contribution in [3.05, 3.63) is 33.8 Å². The number of hydrazine groups is 1. The molecule has 1 aliphatic rings. The van der Waals surface area contributed by atoms with Crippen molar-refractivity contribution >= 4 is 15.9 Å². The lowest BCUT2D eigenvalue weighted by Gasteiger charge is -2.22. The van der Waals surface area contributed by atoms with Crippen LogP contribution in [0.4, 0.5) is 8.78 Å². The average Bonchev–Trinajstić information content (AvgIpc) is 2.66. The summed E-state index contributed by atoms with van der Waals surface area (Å²) in [7, 11) is 0. The monoisotopic (exact) mass is 332 g/mol. The predicted molar refractivity (Wildman–Crippen MR) is 75.8 cm³/mol. The van der Waals surface area contributed by atoms with Crippen molar-refractivity contribution in [3.63, 3.8) is 0 Å². The number of rotatable bonds is 4. The van der Waals surface area contributed by atoms with Crippen LogP contribution in [0.5, 0.6) is 0 Å². The number of hydrogen-bond donors (Lipinski definition) is 2. The molecule has 0 heterocycles. The molecule has 1 aliphatic carbocycles. The second-order valence-electron chi connectivity index (χ2n) is 5.42. The van der Waals surface area contributed by atoms with Gasteiger partial charge in [0.1, 0.15) is 0 Å². The number of aryl methyl sites for hydroxylation is 1. The molecular formula is C14H19BrF2N2. The van der Waals surface area contributed by atoms with E-state index in [4.69, 9.17) is 5.84 Å². The van der Waals surface area contributed by atoms with E-state index in [1.165, 1.54) is 0 Å². The molecule has 0 bridgehead atoms. The van der Waals surface area contributed by atoms with Crippen molar-refractivity contribution in [3.8, 4) is 0 Å². The van der Waals surface area contributed by atoms with E-state index in [0.717, 1.165) is 15.6 Å². The Morgan fingerprint density at radius 2 is 2.26 bits per heavy atom.